The number of imidazole rings is 1. The maximum atomic E-state index is 12.1. The number of aliphatic hydroxyl groups excluding tert-OH is 5. The number of carbonyl (C=O) groups excluding carboxylic acids is 1. The van der Waals surface area contributed by atoms with Crippen LogP contribution in [0.3, 0.4) is 0 Å². The molecule has 0 radical (unpaired) electrons. The summed E-state index contributed by atoms with van der Waals surface area (Å²) >= 11 is 0. The highest BCUT2D eigenvalue weighted by molar-refractivity contribution is 7.61. The van der Waals surface area contributed by atoms with Crippen molar-refractivity contribution in [2.75, 3.05) is 18.9 Å². The molecule has 3 heterocycles. The lowest BCUT2D eigenvalue weighted by molar-refractivity contribution is -0.127. The number of nitrogen functional groups attached to an aromatic ring is 1. The number of fused-ring (bicyclic) bond motifs is 1. The first-order chi connectivity index (χ1) is 16.8. The van der Waals surface area contributed by atoms with Crippen molar-refractivity contribution in [3.63, 3.8) is 0 Å². The van der Waals surface area contributed by atoms with E-state index >= 15 is 0 Å². The van der Waals surface area contributed by atoms with Crippen molar-refractivity contribution in [2.24, 2.45) is 0 Å². The Morgan fingerprint density at radius 2 is 1.78 bits per heavy atom. The molecule has 1 fully saturated rings. The summed E-state index contributed by atoms with van der Waals surface area (Å²) in [6.45, 7) is -2.11. The van der Waals surface area contributed by atoms with Crippen LogP contribution in [0.25, 0.3) is 11.2 Å². The van der Waals surface area contributed by atoms with Crippen LogP contribution in [0.5, 0.6) is 0 Å². The van der Waals surface area contributed by atoms with Crippen molar-refractivity contribution in [1.82, 2.24) is 19.5 Å². The summed E-state index contributed by atoms with van der Waals surface area (Å²) in [5.41, 5.74) is 6.04. The SMILES string of the molecule is Nc1ncnc2c1ncn2[C@@H]1O[C@H](COP(=O)(O)OP(=O)(O)OC[C@H](O)[C@H](O)[C@H](O)C=O)[C@H](O)[C@@H]1O. The van der Waals surface area contributed by atoms with E-state index in [0.717, 1.165) is 6.33 Å². The van der Waals surface area contributed by atoms with Crippen LogP contribution in [0.4, 0.5) is 5.82 Å². The van der Waals surface area contributed by atoms with Gasteiger partial charge in [-0.05, 0) is 0 Å². The summed E-state index contributed by atoms with van der Waals surface area (Å²) < 4.78 is 43.5. The van der Waals surface area contributed by atoms with Gasteiger partial charge in [-0.15, -0.1) is 0 Å². The van der Waals surface area contributed by atoms with Crippen LogP contribution in [0.1, 0.15) is 6.23 Å². The molecule has 0 aromatic carbocycles. The Kier molecular flexibility index (Phi) is 8.90. The quantitative estimate of drug-likeness (QED) is 0.0926. The molecule has 19 nitrogen and oxygen atoms in total. The monoisotopic (exact) mass is 559 g/mol. The zero-order valence-corrected chi connectivity index (χ0v) is 19.7. The zero-order chi connectivity index (χ0) is 26.8. The molecule has 3 rings (SSSR count). The molecule has 202 valence electrons. The lowest BCUT2D eigenvalue weighted by atomic mass is 10.1. The van der Waals surface area contributed by atoms with E-state index in [-0.39, 0.29) is 23.3 Å². The Labute approximate surface area is 200 Å². The largest absolute Gasteiger partial charge is 0.481 e. The molecule has 0 spiro atoms. The summed E-state index contributed by atoms with van der Waals surface area (Å²) in [5, 5.41) is 48.7. The van der Waals surface area contributed by atoms with Crippen LogP contribution in [-0.4, -0.2) is 111 Å². The van der Waals surface area contributed by atoms with Gasteiger partial charge in [-0.25, -0.2) is 24.1 Å². The minimum atomic E-state index is -5.39. The molecule has 0 bridgehead atoms. The fraction of sp³-hybridized carbons (Fsp3) is 0.600. The van der Waals surface area contributed by atoms with Crippen molar-refractivity contribution < 1.29 is 67.3 Å². The van der Waals surface area contributed by atoms with Gasteiger partial charge in [0.2, 0.25) is 0 Å². The van der Waals surface area contributed by atoms with Gasteiger partial charge in [0.1, 0.15) is 48.5 Å². The molecule has 36 heavy (non-hydrogen) atoms. The zero-order valence-electron chi connectivity index (χ0n) is 17.9. The maximum absolute atomic E-state index is 12.1. The van der Waals surface area contributed by atoms with E-state index in [1.54, 1.807) is 0 Å². The molecule has 1 aliphatic heterocycles. The van der Waals surface area contributed by atoms with Crippen molar-refractivity contribution in [1.29, 1.82) is 0 Å². The van der Waals surface area contributed by atoms with E-state index < -0.39 is 71.7 Å². The third-order valence-electron chi connectivity index (χ3n) is 4.90. The Morgan fingerprint density at radius 1 is 1.11 bits per heavy atom. The van der Waals surface area contributed by atoms with Crippen molar-refractivity contribution >= 4 is 38.9 Å². The Hall–Kier alpha value is -1.96. The molecule has 2 aromatic rings. The second-order valence-corrected chi connectivity index (χ2v) is 10.5. The number of nitrogens with zero attached hydrogens (tertiary/aromatic N) is 4. The summed E-state index contributed by atoms with van der Waals surface area (Å²) in [5.74, 6) is 0.0441. The first-order valence-electron chi connectivity index (χ1n) is 9.86. The van der Waals surface area contributed by atoms with E-state index in [4.69, 9.17) is 15.6 Å². The highest BCUT2D eigenvalue weighted by atomic mass is 31.3. The third-order valence-corrected chi connectivity index (χ3v) is 7.50. The summed E-state index contributed by atoms with van der Waals surface area (Å²) in [4.78, 5) is 41.4. The maximum Gasteiger partial charge on any atom is 0.481 e. The van der Waals surface area contributed by atoms with E-state index in [2.05, 4.69) is 28.3 Å². The van der Waals surface area contributed by atoms with Crippen LogP contribution >= 0.6 is 15.6 Å². The molecule has 1 aliphatic rings. The number of aromatic nitrogens is 4. The van der Waals surface area contributed by atoms with Gasteiger partial charge in [-0.2, -0.15) is 4.31 Å². The molecular weight excluding hydrogens is 536 g/mol. The first-order valence-corrected chi connectivity index (χ1v) is 12.9. The fourth-order valence-corrected chi connectivity index (χ4v) is 5.17. The van der Waals surface area contributed by atoms with E-state index in [9.17, 15) is 44.1 Å². The minimum Gasteiger partial charge on any atom is -0.388 e. The summed E-state index contributed by atoms with van der Waals surface area (Å²) in [6.07, 6.45) is -9.91. The Bertz CT molecular complexity index is 1170. The van der Waals surface area contributed by atoms with Crippen LogP contribution in [0.15, 0.2) is 12.7 Å². The van der Waals surface area contributed by atoms with Gasteiger partial charge < -0.3 is 50.6 Å². The number of carbonyl (C=O) groups is 1. The average molecular weight is 559 g/mol. The standard InChI is InChI=1S/C15H23N5O14P2/c16-13-9-14(18-4-17-13)20(5-19-9)15-12(26)11(25)8(33-15)3-32-36(29,30)34-35(27,28)31-2-7(23)10(24)6(22)1-21/h1,4-8,10-12,15,22-26H,2-3H2,(H,27,28)(H,29,30)(H2,16,17,18)/t6-,7+,8-,10-,11+,12+,15-/m1/s1. The number of rotatable bonds is 12. The number of aldehydes is 1. The third kappa shape index (κ3) is 6.48. The number of hydrogen-bond donors (Lipinski definition) is 8. The van der Waals surface area contributed by atoms with Gasteiger partial charge in [0.05, 0.1) is 19.5 Å². The molecule has 2 unspecified atom stereocenters. The first kappa shape index (κ1) is 28.6. The number of anilines is 1. The van der Waals surface area contributed by atoms with Gasteiger partial charge in [-0.1, -0.05) is 0 Å². The molecule has 2 aromatic heterocycles. The highest BCUT2D eigenvalue weighted by Crippen LogP contribution is 2.60. The van der Waals surface area contributed by atoms with Gasteiger partial charge in [0, 0.05) is 0 Å². The van der Waals surface area contributed by atoms with Crippen LogP contribution < -0.4 is 5.73 Å². The van der Waals surface area contributed by atoms with Crippen molar-refractivity contribution in [2.45, 2.75) is 42.9 Å². The second kappa shape index (κ2) is 11.2. The van der Waals surface area contributed by atoms with Crippen LogP contribution in [0, 0.1) is 0 Å². The van der Waals surface area contributed by atoms with E-state index in [1.165, 1.54) is 10.9 Å². The van der Waals surface area contributed by atoms with Gasteiger partial charge in [-0.3, -0.25) is 13.6 Å². The number of nitrogens with two attached hydrogens (primary N) is 1. The Morgan fingerprint density at radius 3 is 2.44 bits per heavy atom. The molecule has 0 amide bonds. The molecule has 1 saturated heterocycles. The highest BCUT2D eigenvalue weighted by Gasteiger charge is 2.46. The van der Waals surface area contributed by atoms with E-state index in [0.29, 0.717) is 0 Å². The average Bonchev–Trinajstić information content (AvgIpc) is 3.36. The van der Waals surface area contributed by atoms with Gasteiger partial charge >= 0.3 is 15.6 Å². The van der Waals surface area contributed by atoms with Crippen LogP contribution in [-0.2, 0) is 32.0 Å². The second-order valence-electron chi connectivity index (χ2n) is 7.42. The molecule has 9 atom stereocenters. The fourth-order valence-electron chi connectivity index (χ4n) is 3.08. The lowest BCUT2D eigenvalue weighted by Gasteiger charge is -2.22. The molecule has 0 aliphatic carbocycles. The number of hydrogen-bond acceptors (Lipinski definition) is 16. The smallest absolute Gasteiger partial charge is 0.388 e. The topological polar surface area (TPSA) is 299 Å². The summed E-state index contributed by atoms with van der Waals surface area (Å²) in [7, 11) is -10.8. The predicted octanol–water partition coefficient (Wildman–Crippen LogP) is -3.44. The lowest BCUT2D eigenvalue weighted by Crippen LogP contribution is -2.40. The minimum absolute atomic E-state index is 0.0441. The Balaban J connectivity index is 1.58. The van der Waals surface area contributed by atoms with Gasteiger partial charge in [0.15, 0.2) is 24.0 Å². The van der Waals surface area contributed by atoms with Crippen LogP contribution in [0.2, 0.25) is 0 Å². The molecule has 0 saturated carbocycles. The normalized spacial score (nSPS) is 28.3. The number of aliphatic hydroxyl groups is 5. The molecule has 9 N–H and O–H groups in total. The number of ether oxygens (including phenoxy) is 1. The number of phosphoric ester groups is 2. The molecule has 21 heteroatoms. The van der Waals surface area contributed by atoms with E-state index in [1.807, 2.05) is 0 Å². The number of phosphoric acid groups is 2. The molecular formula is C15H23N5O14P2. The summed E-state index contributed by atoms with van der Waals surface area (Å²) in [6, 6.07) is 0. The van der Waals surface area contributed by atoms with Crippen molar-refractivity contribution in [3.8, 4) is 0 Å². The van der Waals surface area contributed by atoms with Crippen molar-refractivity contribution in [3.05, 3.63) is 12.7 Å². The van der Waals surface area contributed by atoms with Gasteiger partial charge in [0.25, 0.3) is 0 Å². The predicted molar refractivity (Wildman–Crippen MR) is 112 cm³/mol.